The molecule has 0 N–H and O–H groups in total. The lowest BCUT2D eigenvalue weighted by molar-refractivity contribution is 0.812. The van der Waals surface area contributed by atoms with Crippen molar-refractivity contribution in [1.29, 1.82) is 0 Å². The fraction of sp³-hybridized carbons (Fsp3) is 0.265. The quantitative estimate of drug-likeness (QED) is 0.124. The Balaban J connectivity index is 1.12. The van der Waals surface area contributed by atoms with Gasteiger partial charge in [-0.3, -0.25) is 0 Å². The lowest BCUT2D eigenvalue weighted by Crippen LogP contribution is -2.76. The van der Waals surface area contributed by atoms with E-state index < -0.39 is 8.07 Å². The first-order valence-electron chi connectivity index (χ1n) is 27.2. The Morgan fingerprint density at radius 2 is 0.764 bits per heavy atom. The number of rotatable bonds is 10. The topological polar surface area (TPSA) is 3.24 Å². The number of anilines is 3. The largest absolute Gasteiger partial charge is 0.311 e. The number of para-hydroxylation sites is 2. The molecular weight excluding hydrogens is 880 g/mol. The van der Waals surface area contributed by atoms with Gasteiger partial charge in [0.2, 0.25) is 13.4 Å². The lowest BCUT2D eigenvalue weighted by atomic mass is 9.20. The summed E-state index contributed by atoms with van der Waals surface area (Å²) in [6.45, 7) is 28.9. The molecule has 8 aromatic rings. The van der Waals surface area contributed by atoms with Gasteiger partial charge < -0.3 is 4.90 Å². The summed E-state index contributed by atoms with van der Waals surface area (Å²) < 4.78 is 0. The smallest absolute Gasteiger partial charge is 0.240 e. The van der Waals surface area contributed by atoms with Gasteiger partial charge in [-0.15, -0.1) is 0 Å². The van der Waals surface area contributed by atoms with E-state index >= 15 is 0 Å². The van der Waals surface area contributed by atoms with Gasteiger partial charge in [0.15, 0.2) is 8.07 Å². The second-order valence-electron chi connectivity index (χ2n) is 23.1. The molecular formula is C68H71B2NSi. The Morgan fingerprint density at radius 1 is 0.361 bits per heavy atom. The molecule has 0 aromatic heterocycles. The van der Waals surface area contributed by atoms with Gasteiger partial charge in [-0.25, -0.2) is 0 Å². The number of nitrogens with zero attached hydrogens (tertiary/aromatic N) is 1. The highest BCUT2D eigenvalue weighted by molar-refractivity contribution is 7.18. The summed E-state index contributed by atoms with van der Waals surface area (Å²) in [6.07, 6.45) is 2.38. The van der Waals surface area contributed by atoms with E-state index in [4.69, 9.17) is 0 Å². The highest BCUT2D eigenvalue weighted by atomic mass is 28.3. The second-order valence-corrected chi connectivity index (χ2v) is 26.7. The van der Waals surface area contributed by atoms with Crippen LogP contribution in [0.15, 0.2) is 169 Å². The van der Waals surface area contributed by atoms with Crippen molar-refractivity contribution in [3.8, 4) is 11.1 Å². The molecule has 0 fully saturated rings. The molecule has 4 heteroatoms. The maximum Gasteiger partial charge on any atom is 0.240 e. The van der Waals surface area contributed by atoms with E-state index in [1.54, 1.807) is 0 Å². The Hall–Kier alpha value is -6.35. The van der Waals surface area contributed by atoms with Crippen LogP contribution in [-0.2, 0) is 0 Å². The van der Waals surface area contributed by atoms with E-state index in [0.717, 1.165) is 0 Å². The Kier molecular flexibility index (Phi) is 12.4. The monoisotopic (exact) mass is 952 g/mol. The molecule has 3 heterocycles. The van der Waals surface area contributed by atoms with E-state index in [2.05, 4.69) is 264 Å². The molecule has 0 amide bonds. The van der Waals surface area contributed by atoms with Crippen LogP contribution in [0.5, 0.6) is 0 Å². The average Bonchev–Trinajstić information content (AvgIpc) is 3.77. The van der Waals surface area contributed by atoms with Crippen LogP contribution in [0, 0.1) is 0 Å². The lowest BCUT2D eigenvalue weighted by Gasteiger charge is -2.42. The van der Waals surface area contributed by atoms with E-state index in [-0.39, 0.29) is 13.4 Å². The molecule has 0 unspecified atom stereocenters. The van der Waals surface area contributed by atoms with Crippen molar-refractivity contribution in [2.45, 2.75) is 119 Å². The molecule has 358 valence electrons. The van der Waals surface area contributed by atoms with Crippen LogP contribution >= 0.6 is 0 Å². The van der Waals surface area contributed by atoms with Crippen molar-refractivity contribution >= 4 is 93.0 Å². The zero-order chi connectivity index (χ0) is 50.3. The molecule has 11 rings (SSSR count). The molecule has 0 saturated heterocycles. The fourth-order valence-corrected chi connectivity index (χ4v) is 17.8. The molecule has 3 aliphatic rings. The van der Waals surface area contributed by atoms with Crippen molar-refractivity contribution in [2.75, 3.05) is 4.90 Å². The maximum atomic E-state index is 2.61. The van der Waals surface area contributed by atoms with Crippen LogP contribution < -0.4 is 53.2 Å². The molecule has 0 aliphatic carbocycles. The van der Waals surface area contributed by atoms with Crippen molar-refractivity contribution < 1.29 is 0 Å². The maximum absolute atomic E-state index is 2.61. The minimum atomic E-state index is -2.41. The van der Waals surface area contributed by atoms with Crippen LogP contribution in [0.25, 0.3) is 17.2 Å². The number of hydrogen-bond donors (Lipinski definition) is 0. The van der Waals surface area contributed by atoms with Crippen LogP contribution in [-0.4, -0.2) is 21.5 Å². The highest BCUT2D eigenvalue weighted by Gasteiger charge is 2.48. The first kappa shape index (κ1) is 47.9. The van der Waals surface area contributed by atoms with Crippen LogP contribution in [0.1, 0.15) is 158 Å². The molecule has 72 heavy (non-hydrogen) atoms. The van der Waals surface area contributed by atoms with Crippen molar-refractivity contribution in [3.05, 3.63) is 208 Å². The van der Waals surface area contributed by atoms with Gasteiger partial charge in [0, 0.05) is 17.1 Å². The molecule has 0 saturated carbocycles. The van der Waals surface area contributed by atoms with Gasteiger partial charge in [0.25, 0.3) is 0 Å². The SMILES string of the molecule is CC(C)c1cc(C(C)C)c(B2c3ccccc3B(c3c(C(C)C)cc(C(C)C)cc3C(C)C)c3cc(-c4ccc(N5c6ccccc6[Si]6(C=Cc7ccccc76)c6ccccc65)cc4)ccc32)c(C(C)C)c1. The fourth-order valence-electron chi connectivity index (χ4n) is 13.1. The highest BCUT2D eigenvalue weighted by Crippen LogP contribution is 2.41. The zero-order valence-electron chi connectivity index (χ0n) is 44.8. The minimum absolute atomic E-state index is 0.0789. The first-order valence-corrected chi connectivity index (χ1v) is 29.2. The predicted octanol–water partition coefficient (Wildman–Crippen LogP) is 12.3. The molecule has 3 aliphatic heterocycles. The number of benzene rings is 8. The molecule has 0 radical (unpaired) electrons. The molecule has 0 bridgehead atoms. The molecule has 0 atom stereocenters. The van der Waals surface area contributed by atoms with E-state index in [0.29, 0.717) is 35.5 Å². The van der Waals surface area contributed by atoms with Gasteiger partial charge in [0.05, 0.1) is 0 Å². The van der Waals surface area contributed by atoms with Gasteiger partial charge >= 0.3 is 0 Å². The third kappa shape index (κ3) is 7.65. The summed E-state index contributed by atoms with van der Waals surface area (Å²) in [5.41, 5.74) is 27.8. The molecule has 1 spiro atoms. The van der Waals surface area contributed by atoms with Crippen LogP contribution in [0.4, 0.5) is 17.1 Å². The number of fused-ring (bicyclic) bond motifs is 8. The Morgan fingerprint density at radius 3 is 1.24 bits per heavy atom. The van der Waals surface area contributed by atoms with Gasteiger partial charge in [-0.05, 0) is 125 Å². The van der Waals surface area contributed by atoms with Crippen molar-refractivity contribution in [2.24, 2.45) is 0 Å². The summed E-state index contributed by atoms with van der Waals surface area (Å²) in [5, 5.41) is 4.39. The summed E-state index contributed by atoms with van der Waals surface area (Å²) >= 11 is 0. The van der Waals surface area contributed by atoms with E-state index in [1.807, 2.05) is 0 Å². The minimum Gasteiger partial charge on any atom is -0.311 e. The van der Waals surface area contributed by atoms with Gasteiger partial charge in [-0.2, -0.15) is 0 Å². The summed E-state index contributed by atoms with van der Waals surface area (Å²) in [7, 11) is -2.41. The molecule has 8 aromatic carbocycles. The van der Waals surface area contributed by atoms with Crippen molar-refractivity contribution in [1.82, 2.24) is 0 Å². The average molecular weight is 952 g/mol. The normalized spacial score (nSPS) is 14.3. The standard InChI is InChI=1S/C68H71B2NSi/c1-42(2)51-37-54(44(5)6)67(55(38-51)45(7)8)69-58-22-14-15-23-59(58)70(68-56(46(9)10)39-52(43(3)4)40-57(68)47(11)12)61-41-50(31-34-60(61)69)48-29-32-53(33-30-48)71-62-24-16-19-27-65(62)72(66-28-20-17-25-63(66)71)36-35-49-21-13-18-26-64(49)72/h13-47H,1-12H3. The van der Waals surface area contributed by atoms with E-state index in [1.165, 1.54) is 115 Å². The zero-order valence-corrected chi connectivity index (χ0v) is 45.8. The van der Waals surface area contributed by atoms with Gasteiger partial charge in [-0.1, -0.05) is 267 Å². The van der Waals surface area contributed by atoms with Crippen molar-refractivity contribution in [3.63, 3.8) is 0 Å². The summed E-state index contributed by atoms with van der Waals surface area (Å²) in [4.78, 5) is 2.52. The van der Waals surface area contributed by atoms with Crippen LogP contribution in [0.2, 0.25) is 0 Å². The third-order valence-electron chi connectivity index (χ3n) is 16.8. The Bertz CT molecular complexity index is 3300. The molecule has 1 nitrogen and oxygen atoms in total. The Labute approximate surface area is 433 Å². The summed E-state index contributed by atoms with van der Waals surface area (Å²) in [5.74, 6) is 2.39. The predicted molar refractivity (Wildman–Crippen MR) is 320 cm³/mol. The van der Waals surface area contributed by atoms with E-state index in [9.17, 15) is 0 Å². The third-order valence-corrected chi connectivity index (χ3v) is 21.3. The summed E-state index contributed by atoms with van der Waals surface area (Å²) in [6, 6.07) is 64.4. The first-order chi connectivity index (χ1) is 34.7. The van der Waals surface area contributed by atoms with Gasteiger partial charge in [0.1, 0.15) is 0 Å². The van der Waals surface area contributed by atoms with Crippen LogP contribution in [0.3, 0.4) is 0 Å². The second kappa shape index (κ2) is 18.6. The number of hydrogen-bond acceptors (Lipinski definition) is 1.